The summed E-state index contributed by atoms with van der Waals surface area (Å²) in [5.74, 6) is 1.52. The minimum atomic E-state index is -3.26. The fraction of sp³-hybridized carbons (Fsp3) is 0.545. The summed E-state index contributed by atoms with van der Waals surface area (Å²) in [6.45, 7) is 2.76. The molecule has 31 heavy (non-hydrogen) atoms. The number of sulfone groups is 1. The van der Waals surface area contributed by atoms with Crippen LogP contribution < -0.4 is 16.0 Å². The van der Waals surface area contributed by atoms with Crippen molar-refractivity contribution in [2.45, 2.75) is 45.3 Å². The van der Waals surface area contributed by atoms with Crippen molar-refractivity contribution >= 4 is 9.84 Å². The Labute approximate surface area is 182 Å². The highest BCUT2D eigenvalue weighted by Crippen LogP contribution is 2.32. The molecule has 1 N–H and O–H groups in total. The Morgan fingerprint density at radius 2 is 2.00 bits per heavy atom. The molecule has 1 saturated carbocycles. The van der Waals surface area contributed by atoms with Crippen LogP contribution in [-0.2, 0) is 21.3 Å². The van der Waals surface area contributed by atoms with Gasteiger partial charge in [0.25, 0.3) is 5.56 Å². The Bertz CT molecular complexity index is 1070. The van der Waals surface area contributed by atoms with Crippen molar-refractivity contribution in [1.29, 1.82) is 0 Å². The van der Waals surface area contributed by atoms with Crippen LogP contribution in [0.1, 0.15) is 44.1 Å². The lowest BCUT2D eigenvalue weighted by atomic mass is 10.0. The number of hydrogen-bond donors (Lipinski definition) is 1. The second-order valence-corrected chi connectivity index (χ2v) is 10.4. The van der Waals surface area contributed by atoms with Crippen LogP contribution in [0.2, 0.25) is 0 Å². The number of hydrogen-bond acceptors (Lipinski definition) is 6. The van der Waals surface area contributed by atoms with E-state index in [-0.39, 0.29) is 30.8 Å². The van der Waals surface area contributed by atoms with Crippen molar-refractivity contribution in [2.75, 3.05) is 24.7 Å². The van der Waals surface area contributed by atoms with Gasteiger partial charge in [-0.05, 0) is 42.4 Å². The third kappa shape index (κ3) is 7.99. The molecule has 1 atom stereocenters. The predicted molar refractivity (Wildman–Crippen MR) is 118 cm³/mol. The summed E-state index contributed by atoms with van der Waals surface area (Å²) in [5.41, 5.74) is -0.0919. The second-order valence-electron chi connectivity index (χ2n) is 8.14. The molecule has 1 aliphatic carbocycles. The quantitative estimate of drug-likeness (QED) is 0.469. The number of nitrogens with one attached hydrogen (secondary N) is 1. The van der Waals surface area contributed by atoms with Crippen molar-refractivity contribution < 1.29 is 17.9 Å². The number of benzene rings is 1. The standard InChI is InChI=1S/C22H30N2O6S/c1-17(19-4-2-5-20(14-19)30-12-9-18-6-7-18)15-31(27,28)13-3-11-29-16-24-10-8-21(25)23-22(24)26/h2,4-5,8,10,14,17-18H,3,6-7,9,11-13,15-16H2,1H3,(H,23,25,26)/t17-/m0/s1. The van der Waals surface area contributed by atoms with Crippen LogP contribution in [0.4, 0.5) is 0 Å². The SMILES string of the molecule is C[C@@H](CS(=O)(=O)CCCOCn1ccc(=O)[nH]c1=O)c1cccc(OCCC2CC2)c1. The molecule has 2 aromatic rings. The van der Waals surface area contributed by atoms with Gasteiger partial charge in [0.15, 0.2) is 9.84 Å². The average molecular weight is 451 g/mol. The van der Waals surface area contributed by atoms with E-state index in [1.165, 1.54) is 29.7 Å². The van der Waals surface area contributed by atoms with Crippen LogP contribution >= 0.6 is 0 Å². The van der Waals surface area contributed by atoms with E-state index in [0.717, 1.165) is 23.7 Å². The first kappa shape index (κ1) is 23.3. The van der Waals surface area contributed by atoms with E-state index >= 15 is 0 Å². The predicted octanol–water partition coefficient (Wildman–Crippen LogP) is 2.30. The first-order chi connectivity index (χ1) is 14.8. The lowest BCUT2D eigenvalue weighted by molar-refractivity contribution is 0.0745. The summed E-state index contributed by atoms with van der Waals surface area (Å²) in [6, 6.07) is 8.89. The first-order valence-corrected chi connectivity index (χ1v) is 12.5. The van der Waals surface area contributed by atoms with Crippen LogP contribution in [0, 0.1) is 5.92 Å². The van der Waals surface area contributed by atoms with Gasteiger partial charge in [0.1, 0.15) is 12.5 Å². The summed E-state index contributed by atoms with van der Waals surface area (Å²) in [6.07, 6.45) is 5.35. The Kier molecular flexibility index (Phi) is 8.09. The van der Waals surface area contributed by atoms with Crippen LogP contribution in [0.15, 0.2) is 46.1 Å². The zero-order valence-corrected chi connectivity index (χ0v) is 18.6. The van der Waals surface area contributed by atoms with E-state index in [1.807, 2.05) is 31.2 Å². The maximum atomic E-state index is 12.5. The fourth-order valence-corrected chi connectivity index (χ4v) is 4.99. The fourth-order valence-electron chi connectivity index (χ4n) is 3.31. The highest BCUT2D eigenvalue weighted by molar-refractivity contribution is 7.91. The topological polar surface area (TPSA) is 107 Å². The third-order valence-electron chi connectivity index (χ3n) is 5.29. The zero-order valence-electron chi connectivity index (χ0n) is 17.8. The van der Waals surface area contributed by atoms with E-state index in [9.17, 15) is 18.0 Å². The molecule has 1 heterocycles. The zero-order chi connectivity index (χ0) is 22.3. The molecule has 170 valence electrons. The first-order valence-electron chi connectivity index (χ1n) is 10.6. The van der Waals surface area contributed by atoms with Gasteiger partial charge in [-0.2, -0.15) is 0 Å². The lowest BCUT2D eigenvalue weighted by Crippen LogP contribution is -2.29. The Morgan fingerprint density at radius 1 is 1.19 bits per heavy atom. The van der Waals surface area contributed by atoms with E-state index in [4.69, 9.17) is 9.47 Å². The molecule has 8 nitrogen and oxygen atoms in total. The minimum Gasteiger partial charge on any atom is -0.494 e. The van der Waals surface area contributed by atoms with Crippen LogP contribution in [0.3, 0.4) is 0 Å². The Morgan fingerprint density at radius 3 is 2.74 bits per heavy atom. The van der Waals surface area contributed by atoms with E-state index in [0.29, 0.717) is 13.0 Å². The van der Waals surface area contributed by atoms with Crippen molar-refractivity contribution in [2.24, 2.45) is 5.92 Å². The highest BCUT2D eigenvalue weighted by Gasteiger charge is 2.21. The maximum Gasteiger partial charge on any atom is 0.330 e. The second kappa shape index (κ2) is 10.8. The summed E-state index contributed by atoms with van der Waals surface area (Å²) in [7, 11) is -3.26. The molecule has 0 unspecified atom stereocenters. The molecular formula is C22H30N2O6S. The van der Waals surface area contributed by atoms with Gasteiger partial charge in [0.2, 0.25) is 0 Å². The smallest absolute Gasteiger partial charge is 0.330 e. The molecule has 0 amide bonds. The van der Waals surface area contributed by atoms with Gasteiger partial charge in [-0.25, -0.2) is 13.2 Å². The number of ether oxygens (including phenoxy) is 2. The summed E-state index contributed by atoms with van der Waals surface area (Å²) >= 11 is 0. The van der Waals surface area contributed by atoms with Gasteiger partial charge in [-0.15, -0.1) is 0 Å². The molecule has 0 spiro atoms. The molecule has 1 aromatic carbocycles. The summed E-state index contributed by atoms with van der Waals surface area (Å²) in [5, 5.41) is 0. The maximum absolute atomic E-state index is 12.5. The van der Waals surface area contributed by atoms with Crippen molar-refractivity contribution in [3.8, 4) is 5.75 Å². The monoisotopic (exact) mass is 450 g/mol. The van der Waals surface area contributed by atoms with Gasteiger partial charge in [-0.3, -0.25) is 14.3 Å². The molecule has 1 aromatic heterocycles. The van der Waals surface area contributed by atoms with Gasteiger partial charge < -0.3 is 9.47 Å². The van der Waals surface area contributed by atoms with Crippen molar-refractivity contribution in [3.63, 3.8) is 0 Å². The van der Waals surface area contributed by atoms with Crippen LogP contribution in [0.5, 0.6) is 5.75 Å². The van der Waals surface area contributed by atoms with E-state index in [1.54, 1.807) is 0 Å². The third-order valence-corrected chi connectivity index (χ3v) is 7.21. The van der Waals surface area contributed by atoms with Crippen molar-refractivity contribution in [1.82, 2.24) is 9.55 Å². The largest absolute Gasteiger partial charge is 0.494 e. The normalized spacial score (nSPS) is 15.0. The number of nitrogens with zero attached hydrogens (tertiary/aromatic N) is 1. The molecular weight excluding hydrogens is 420 g/mol. The highest BCUT2D eigenvalue weighted by atomic mass is 32.2. The average Bonchev–Trinajstić information content (AvgIpc) is 3.53. The van der Waals surface area contributed by atoms with E-state index < -0.39 is 21.1 Å². The molecule has 9 heteroatoms. The summed E-state index contributed by atoms with van der Waals surface area (Å²) < 4.78 is 37.4. The van der Waals surface area contributed by atoms with Gasteiger partial charge >= 0.3 is 5.69 Å². The number of rotatable bonds is 13. The van der Waals surface area contributed by atoms with Crippen molar-refractivity contribution in [3.05, 3.63) is 62.9 Å². The summed E-state index contributed by atoms with van der Waals surface area (Å²) in [4.78, 5) is 24.7. The number of H-pyrrole nitrogens is 1. The lowest BCUT2D eigenvalue weighted by Gasteiger charge is -2.14. The number of aromatic nitrogens is 2. The number of aromatic amines is 1. The van der Waals surface area contributed by atoms with Crippen LogP contribution in [0.25, 0.3) is 0 Å². The molecule has 3 rings (SSSR count). The van der Waals surface area contributed by atoms with Gasteiger partial charge in [-0.1, -0.05) is 31.9 Å². The minimum absolute atomic E-state index is 0.00937. The Hall–Kier alpha value is -2.39. The van der Waals surface area contributed by atoms with Crippen LogP contribution in [-0.4, -0.2) is 42.7 Å². The Balaban J connectivity index is 1.40. The molecule has 1 fully saturated rings. The molecule has 0 aliphatic heterocycles. The molecule has 0 bridgehead atoms. The molecule has 0 radical (unpaired) electrons. The van der Waals surface area contributed by atoms with Gasteiger partial charge in [0, 0.05) is 18.9 Å². The van der Waals surface area contributed by atoms with E-state index in [2.05, 4.69) is 4.98 Å². The molecule has 0 saturated heterocycles. The van der Waals surface area contributed by atoms with Gasteiger partial charge in [0.05, 0.1) is 18.1 Å². The molecule has 1 aliphatic rings.